The second-order valence-corrected chi connectivity index (χ2v) is 10.3. The van der Waals surface area contributed by atoms with E-state index in [1.807, 2.05) is 57.2 Å². The minimum atomic E-state index is -1.36. The number of barbiturate groups is 1. The maximum Gasteiger partial charge on any atom is 0.331 e. The first-order chi connectivity index (χ1) is 15.7. The molecule has 1 N–H and O–H groups in total. The molecule has 33 heavy (non-hydrogen) atoms. The fourth-order valence-corrected chi connectivity index (χ4v) is 5.61. The fraction of sp³-hybridized carbons (Fsp3) is 0.423. The Labute approximate surface area is 194 Å². The number of anilines is 1. The molecule has 0 bridgehead atoms. The zero-order valence-electron chi connectivity index (χ0n) is 19.4. The van der Waals surface area contributed by atoms with Crippen LogP contribution in [0.1, 0.15) is 31.9 Å². The van der Waals surface area contributed by atoms with Crippen LogP contribution in [0.15, 0.2) is 54.6 Å². The van der Waals surface area contributed by atoms with Crippen molar-refractivity contribution in [3.8, 4) is 0 Å². The summed E-state index contributed by atoms with van der Waals surface area (Å²) in [5.41, 5.74) is 1.14. The monoisotopic (exact) mass is 446 g/mol. The molecule has 2 fully saturated rings. The summed E-state index contributed by atoms with van der Waals surface area (Å²) in [5.74, 6) is -0.876. The molecule has 5 rings (SSSR count). The number of hydrogen-bond donors (Lipinski definition) is 1. The smallest absolute Gasteiger partial charge is 0.331 e. The van der Waals surface area contributed by atoms with Crippen LogP contribution in [-0.4, -0.2) is 58.9 Å². The highest BCUT2D eigenvalue weighted by Gasteiger charge is 2.64. The third-order valence-corrected chi connectivity index (χ3v) is 7.14. The molecular formula is C26H30N4O3. The number of rotatable bonds is 2. The second kappa shape index (κ2) is 7.70. The van der Waals surface area contributed by atoms with E-state index in [2.05, 4.69) is 33.3 Å². The zero-order chi connectivity index (χ0) is 23.4. The molecule has 3 aliphatic rings. The van der Waals surface area contributed by atoms with Crippen LogP contribution in [0, 0.1) is 5.41 Å². The zero-order valence-corrected chi connectivity index (χ0v) is 19.4. The Bertz CT molecular complexity index is 1110. The Balaban J connectivity index is 1.58. The number of carbonyl (C=O) groups is 3. The van der Waals surface area contributed by atoms with Crippen molar-refractivity contribution in [1.29, 1.82) is 0 Å². The van der Waals surface area contributed by atoms with E-state index in [1.165, 1.54) is 10.5 Å². The molecule has 2 atom stereocenters. The van der Waals surface area contributed by atoms with E-state index in [0.29, 0.717) is 13.1 Å². The molecule has 0 aliphatic carbocycles. The van der Waals surface area contributed by atoms with Gasteiger partial charge in [-0.2, -0.15) is 0 Å². The van der Waals surface area contributed by atoms with Crippen molar-refractivity contribution < 1.29 is 14.4 Å². The van der Waals surface area contributed by atoms with Crippen LogP contribution in [0.5, 0.6) is 0 Å². The molecule has 4 amide bonds. The first kappa shape index (κ1) is 21.6. The Kier molecular flexibility index (Phi) is 5.05. The number of piperazine rings is 1. The van der Waals surface area contributed by atoms with Gasteiger partial charge in [-0.25, -0.2) is 4.79 Å². The lowest BCUT2D eigenvalue weighted by atomic mass is 9.67. The Morgan fingerprint density at radius 3 is 2.39 bits per heavy atom. The minimum Gasteiger partial charge on any atom is -0.364 e. The molecular weight excluding hydrogens is 416 g/mol. The largest absolute Gasteiger partial charge is 0.364 e. The Morgan fingerprint density at radius 2 is 1.67 bits per heavy atom. The summed E-state index contributed by atoms with van der Waals surface area (Å²) < 4.78 is 0. The molecule has 7 heteroatoms. The van der Waals surface area contributed by atoms with Crippen LogP contribution in [0.4, 0.5) is 10.5 Å². The van der Waals surface area contributed by atoms with Crippen molar-refractivity contribution in [3.05, 3.63) is 65.7 Å². The predicted octanol–water partition coefficient (Wildman–Crippen LogP) is 2.80. The number of hydrogen-bond acceptors (Lipinski definition) is 5. The van der Waals surface area contributed by atoms with Gasteiger partial charge in [0.2, 0.25) is 11.8 Å². The summed E-state index contributed by atoms with van der Waals surface area (Å²) in [6, 6.07) is 17.2. The molecule has 172 valence electrons. The molecule has 0 radical (unpaired) electrons. The van der Waals surface area contributed by atoms with Gasteiger partial charge in [-0.3, -0.25) is 24.7 Å². The molecule has 7 nitrogen and oxygen atoms in total. The highest BCUT2D eigenvalue weighted by atomic mass is 16.2. The van der Waals surface area contributed by atoms with Gasteiger partial charge in [0.1, 0.15) is 0 Å². The van der Waals surface area contributed by atoms with Crippen molar-refractivity contribution >= 4 is 23.5 Å². The van der Waals surface area contributed by atoms with Crippen LogP contribution in [-0.2, 0) is 22.6 Å². The summed E-state index contributed by atoms with van der Waals surface area (Å²) in [6.07, 6.45) is 0.286. The molecule has 2 aromatic carbocycles. The first-order valence-electron chi connectivity index (χ1n) is 11.5. The third-order valence-electron chi connectivity index (χ3n) is 7.14. The van der Waals surface area contributed by atoms with Crippen molar-refractivity contribution in [2.45, 2.75) is 45.3 Å². The molecule has 0 aromatic heterocycles. The second-order valence-electron chi connectivity index (χ2n) is 10.3. The van der Waals surface area contributed by atoms with Crippen molar-refractivity contribution in [1.82, 2.24) is 15.1 Å². The lowest BCUT2D eigenvalue weighted by molar-refractivity contribution is -0.157. The van der Waals surface area contributed by atoms with Gasteiger partial charge < -0.3 is 4.90 Å². The van der Waals surface area contributed by atoms with Crippen molar-refractivity contribution in [2.75, 3.05) is 24.5 Å². The lowest BCUT2D eigenvalue weighted by Crippen LogP contribution is -2.76. The maximum absolute atomic E-state index is 14.1. The third kappa shape index (κ3) is 3.42. The minimum absolute atomic E-state index is 0.286. The average Bonchev–Trinajstić information content (AvgIpc) is 2.77. The van der Waals surface area contributed by atoms with E-state index >= 15 is 0 Å². The summed E-state index contributed by atoms with van der Waals surface area (Å²) in [6.45, 7) is 8.32. The van der Waals surface area contributed by atoms with Crippen LogP contribution in [0.2, 0.25) is 0 Å². The molecule has 0 saturated carbocycles. The van der Waals surface area contributed by atoms with Gasteiger partial charge in [-0.05, 0) is 44.4 Å². The van der Waals surface area contributed by atoms with Crippen LogP contribution < -0.4 is 10.2 Å². The number of nitrogens with one attached hydrogen (secondary N) is 1. The molecule has 2 aromatic rings. The van der Waals surface area contributed by atoms with Crippen molar-refractivity contribution in [3.63, 3.8) is 0 Å². The summed E-state index contributed by atoms with van der Waals surface area (Å²) >= 11 is 0. The van der Waals surface area contributed by atoms with Gasteiger partial charge in [-0.15, -0.1) is 0 Å². The van der Waals surface area contributed by atoms with Gasteiger partial charge in [0.05, 0.1) is 6.04 Å². The van der Waals surface area contributed by atoms with E-state index in [9.17, 15) is 14.4 Å². The SMILES string of the molecule is CC(C)(C)N1C(=O)NC(=O)[C@]2(Cc3ccccc3N3CCN(Cc4ccccc4)C[C@@H]32)C1=O. The van der Waals surface area contributed by atoms with Crippen molar-refractivity contribution in [2.24, 2.45) is 5.41 Å². The van der Waals surface area contributed by atoms with E-state index < -0.39 is 28.8 Å². The van der Waals surface area contributed by atoms with E-state index in [-0.39, 0.29) is 12.5 Å². The molecule has 0 unspecified atom stereocenters. The van der Waals surface area contributed by atoms with Gasteiger partial charge in [0, 0.05) is 37.4 Å². The highest BCUT2D eigenvalue weighted by Crippen LogP contribution is 2.46. The Morgan fingerprint density at radius 1 is 0.970 bits per heavy atom. The van der Waals surface area contributed by atoms with Gasteiger partial charge in [0.25, 0.3) is 0 Å². The number of benzene rings is 2. The van der Waals surface area contributed by atoms with Crippen LogP contribution in [0.25, 0.3) is 0 Å². The molecule has 1 spiro atoms. The number of carbonyl (C=O) groups excluding carboxylic acids is 3. The number of nitrogens with zero attached hydrogens (tertiary/aromatic N) is 3. The quantitative estimate of drug-likeness (QED) is 0.719. The maximum atomic E-state index is 14.1. The average molecular weight is 447 g/mol. The van der Waals surface area contributed by atoms with Gasteiger partial charge in [0.15, 0.2) is 5.41 Å². The van der Waals surface area contributed by atoms with Gasteiger partial charge in [-0.1, -0.05) is 48.5 Å². The lowest BCUT2D eigenvalue weighted by Gasteiger charge is -2.56. The number of imide groups is 2. The first-order valence-corrected chi connectivity index (χ1v) is 11.5. The van der Waals surface area contributed by atoms with Crippen LogP contribution in [0.3, 0.4) is 0 Å². The summed E-state index contributed by atoms with van der Waals surface area (Å²) in [7, 11) is 0. The summed E-state index contributed by atoms with van der Waals surface area (Å²) in [5, 5.41) is 2.54. The summed E-state index contributed by atoms with van der Waals surface area (Å²) in [4.78, 5) is 46.2. The number of fused-ring (bicyclic) bond motifs is 4. The molecule has 2 saturated heterocycles. The van der Waals surface area contributed by atoms with E-state index in [1.54, 1.807) is 0 Å². The fourth-order valence-electron chi connectivity index (χ4n) is 5.61. The normalized spacial score (nSPS) is 25.7. The Hall–Kier alpha value is -3.19. The highest BCUT2D eigenvalue weighted by molar-refractivity contribution is 6.20. The number of para-hydroxylation sites is 1. The number of amides is 4. The molecule has 3 heterocycles. The van der Waals surface area contributed by atoms with Gasteiger partial charge >= 0.3 is 6.03 Å². The standard InChI is InChI=1S/C26H30N4O3/c1-25(2,3)30-23(32)26(22(31)27-24(30)33)15-19-11-7-8-12-20(19)29-14-13-28(17-21(26)29)16-18-9-5-4-6-10-18/h4-12,21H,13-17H2,1-3H3,(H,27,31,33)/t21-,26-/m1/s1. The van der Waals surface area contributed by atoms with E-state index in [0.717, 1.165) is 24.3 Å². The molecule has 3 aliphatic heterocycles. The van der Waals surface area contributed by atoms with E-state index in [4.69, 9.17) is 0 Å². The topological polar surface area (TPSA) is 73.0 Å². The van der Waals surface area contributed by atoms with Crippen LogP contribution >= 0.6 is 0 Å². The number of urea groups is 1. The predicted molar refractivity (Wildman–Crippen MR) is 126 cm³/mol.